The minimum atomic E-state index is -0.747. The van der Waals surface area contributed by atoms with Crippen molar-refractivity contribution in [2.45, 2.75) is 26.4 Å². The summed E-state index contributed by atoms with van der Waals surface area (Å²) in [6.45, 7) is 3.76. The number of rotatable bonds is 5. The molecule has 3 aromatic rings. The average Bonchev–Trinajstić information content (AvgIpc) is 3.09. The minimum absolute atomic E-state index is 0.163. The number of aryl methyl sites for hydroxylation is 3. The second kappa shape index (κ2) is 6.49. The van der Waals surface area contributed by atoms with Gasteiger partial charge >= 0.3 is 0 Å². The number of nitrogens with one attached hydrogen (secondary N) is 1. The van der Waals surface area contributed by atoms with Crippen molar-refractivity contribution in [1.82, 2.24) is 15.0 Å². The van der Waals surface area contributed by atoms with E-state index in [2.05, 4.69) is 10.5 Å². The van der Waals surface area contributed by atoms with Crippen LogP contribution >= 0.6 is 0 Å². The van der Waals surface area contributed by atoms with Gasteiger partial charge in [0.15, 0.2) is 0 Å². The van der Waals surface area contributed by atoms with Gasteiger partial charge in [-0.15, -0.1) is 0 Å². The summed E-state index contributed by atoms with van der Waals surface area (Å²) in [5.41, 5.74) is 3.41. The van der Waals surface area contributed by atoms with E-state index in [1.165, 1.54) is 0 Å². The van der Waals surface area contributed by atoms with Gasteiger partial charge in [-0.25, -0.2) is 0 Å². The number of amides is 1. The Morgan fingerprint density at radius 3 is 2.88 bits per heavy atom. The number of fused-ring (bicyclic) bond motifs is 1. The number of benzene rings is 1. The van der Waals surface area contributed by atoms with Crippen LogP contribution in [0.15, 0.2) is 35.0 Å². The van der Waals surface area contributed by atoms with Gasteiger partial charge in [0.2, 0.25) is 5.91 Å². The maximum Gasteiger partial charge on any atom is 0.224 e. The molecule has 2 aromatic heterocycles. The molecule has 2 N–H and O–H groups in total. The fraction of sp³-hybridized carbons (Fsp3) is 0.333. The first-order valence-electron chi connectivity index (χ1n) is 7.87. The number of aromatic nitrogens is 2. The molecule has 6 heteroatoms. The highest BCUT2D eigenvalue weighted by Gasteiger charge is 2.15. The highest BCUT2D eigenvalue weighted by molar-refractivity contribution is 5.81. The monoisotopic (exact) mass is 327 g/mol. The van der Waals surface area contributed by atoms with E-state index in [0.29, 0.717) is 5.76 Å². The van der Waals surface area contributed by atoms with Gasteiger partial charge in [0.1, 0.15) is 5.76 Å². The van der Waals surface area contributed by atoms with Crippen LogP contribution in [0.2, 0.25) is 0 Å². The van der Waals surface area contributed by atoms with E-state index in [9.17, 15) is 9.90 Å². The average molecular weight is 327 g/mol. The molecule has 0 aliphatic carbocycles. The van der Waals surface area contributed by atoms with Crippen molar-refractivity contribution >= 4 is 16.8 Å². The summed E-state index contributed by atoms with van der Waals surface area (Å²) in [7, 11) is 1.98. The van der Waals surface area contributed by atoms with Crippen LogP contribution < -0.4 is 5.32 Å². The van der Waals surface area contributed by atoms with Crippen LogP contribution in [-0.4, -0.2) is 27.3 Å². The summed E-state index contributed by atoms with van der Waals surface area (Å²) in [4.78, 5) is 12.1. The van der Waals surface area contributed by atoms with E-state index >= 15 is 0 Å². The SMILES string of the molecule is Cc1noc(C)c1CC(=O)NCC(O)c1ccc2c(ccn2C)c1. The Balaban J connectivity index is 1.61. The summed E-state index contributed by atoms with van der Waals surface area (Å²) in [6, 6.07) is 7.80. The molecule has 0 saturated carbocycles. The molecule has 126 valence electrons. The molecule has 0 spiro atoms. The second-order valence-corrected chi connectivity index (χ2v) is 6.04. The number of hydrogen-bond donors (Lipinski definition) is 2. The Hall–Kier alpha value is -2.60. The Kier molecular flexibility index (Phi) is 4.40. The number of carbonyl (C=O) groups is 1. The Morgan fingerprint density at radius 1 is 1.38 bits per heavy atom. The zero-order chi connectivity index (χ0) is 17.3. The van der Waals surface area contributed by atoms with Gasteiger partial charge in [0.05, 0.1) is 18.2 Å². The van der Waals surface area contributed by atoms with Crippen molar-refractivity contribution in [3.8, 4) is 0 Å². The smallest absolute Gasteiger partial charge is 0.224 e. The second-order valence-electron chi connectivity index (χ2n) is 6.04. The van der Waals surface area contributed by atoms with Gasteiger partial charge in [-0.3, -0.25) is 4.79 Å². The van der Waals surface area contributed by atoms with Crippen LogP contribution in [0.4, 0.5) is 0 Å². The van der Waals surface area contributed by atoms with Crippen LogP contribution in [0.5, 0.6) is 0 Å². The third kappa shape index (κ3) is 3.19. The van der Waals surface area contributed by atoms with Gasteiger partial charge < -0.3 is 19.5 Å². The maximum absolute atomic E-state index is 12.1. The van der Waals surface area contributed by atoms with E-state index in [1.54, 1.807) is 6.92 Å². The molecule has 0 saturated heterocycles. The quantitative estimate of drug-likeness (QED) is 0.753. The topological polar surface area (TPSA) is 80.3 Å². The first-order valence-corrected chi connectivity index (χ1v) is 7.87. The lowest BCUT2D eigenvalue weighted by Gasteiger charge is -2.13. The Bertz CT molecular complexity index is 859. The van der Waals surface area contributed by atoms with Gasteiger partial charge in [0, 0.05) is 30.9 Å². The van der Waals surface area contributed by atoms with Crippen molar-refractivity contribution in [1.29, 1.82) is 0 Å². The maximum atomic E-state index is 12.1. The molecule has 6 nitrogen and oxygen atoms in total. The fourth-order valence-corrected chi connectivity index (χ4v) is 2.81. The largest absolute Gasteiger partial charge is 0.387 e. The molecule has 1 aromatic carbocycles. The number of aliphatic hydroxyl groups is 1. The molecule has 3 rings (SSSR count). The van der Waals surface area contributed by atoms with Crippen LogP contribution in [0, 0.1) is 13.8 Å². The normalized spacial score (nSPS) is 12.5. The summed E-state index contributed by atoms with van der Waals surface area (Å²) >= 11 is 0. The lowest BCUT2D eigenvalue weighted by atomic mass is 10.1. The lowest BCUT2D eigenvalue weighted by molar-refractivity contribution is -0.120. The van der Waals surface area contributed by atoms with E-state index in [4.69, 9.17) is 4.52 Å². The molecular weight excluding hydrogens is 306 g/mol. The summed E-state index contributed by atoms with van der Waals surface area (Å²) in [5.74, 6) is 0.488. The molecule has 2 heterocycles. The van der Waals surface area contributed by atoms with Gasteiger partial charge in [-0.2, -0.15) is 0 Å². The van der Waals surface area contributed by atoms with Crippen molar-refractivity contribution < 1.29 is 14.4 Å². The summed E-state index contributed by atoms with van der Waals surface area (Å²) in [5, 5.41) is 18.0. The Morgan fingerprint density at radius 2 is 2.17 bits per heavy atom. The number of nitrogens with zero attached hydrogens (tertiary/aromatic N) is 2. The van der Waals surface area contributed by atoms with E-state index < -0.39 is 6.10 Å². The van der Waals surface area contributed by atoms with Gasteiger partial charge in [-0.1, -0.05) is 11.2 Å². The zero-order valence-corrected chi connectivity index (χ0v) is 14.0. The van der Waals surface area contributed by atoms with Gasteiger partial charge in [-0.05, 0) is 43.0 Å². The molecule has 1 amide bonds. The summed E-state index contributed by atoms with van der Waals surface area (Å²) < 4.78 is 7.08. The third-order valence-corrected chi connectivity index (χ3v) is 4.31. The number of carbonyl (C=O) groups excluding carboxylic acids is 1. The highest BCUT2D eigenvalue weighted by atomic mass is 16.5. The fourth-order valence-electron chi connectivity index (χ4n) is 2.81. The standard InChI is InChI=1S/C18H21N3O3/c1-11-15(12(2)24-20-11)9-18(23)19-10-17(22)14-4-5-16-13(8-14)6-7-21(16)3/h4-8,17,22H,9-10H2,1-3H3,(H,19,23). The van der Waals surface area contributed by atoms with Crippen molar-refractivity contribution in [3.05, 3.63) is 53.0 Å². The van der Waals surface area contributed by atoms with Crippen LogP contribution in [0.25, 0.3) is 10.9 Å². The minimum Gasteiger partial charge on any atom is -0.387 e. The first kappa shape index (κ1) is 16.3. The molecular formula is C18H21N3O3. The third-order valence-electron chi connectivity index (χ3n) is 4.31. The van der Waals surface area contributed by atoms with E-state index in [-0.39, 0.29) is 18.9 Å². The molecule has 24 heavy (non-hydrogen) atoms. The molecule has 0 aliphatic rings. The van der Waals surface area contributed by atoms with Crippen LogP contribution in [0.1, 0.15) is 28.7 Å². The molecule has 1 unspecified atom stereocenters. The predicted molar refractivity (Wildman–Crippen MR) is 90.6 cm³/mol. The lowest BCUT2D eigenvalue weighted by Crippen LogP contribution is -2.29. The van der Waals surface area contributed by atoms with Crippen molar-refractivity contribution in [3.63, 3.8) is 0 Å². The molecule has 0 bridgehead atoms. The van der Waals surface area contributed by atoms with Gasteiger partial charge in [0.25, 0.3) is 0 Å². The van der Waals surface area contributed by atoms with E-state index in [1.807, 2.05) is 49.0 Å². The van der Waals surface area contributed by atoms with Crippen LogP contribution in [0.3, 0.4) is 0 Å². The molecule has 0 fully saturated rings. The molecule has 0 radical (unpaired) electrons. The molecule has 1 atom stereocenters. The zero-order valence-electron chi connectivity index (χ0n) is 14.0. The number of hydrogen-bond acceptors (Lipinski definition) is 4. The highest BCUT2D eigenvalue weighted by Crippen LogP contribution is 2.21. The van der Waals surface area contributed by atoms with E-state index in [0.717, 1.165) is 27.7 Å². The summed E-state index contributed by atoms with van der Waals surface area (Å²) in [6.07, 6.45) is 1.43. The van der Waals surface area contributed by atoms with Crippen molar-refractivity contribution in [2.24, 2.45) is 7.05 Å². The predicted octanol–water partition coefficient (Wildman–Crippen LogP) is 2.18. The first-order chi connectivity index (χ1) is 11.5. The van der Waals surface area contributed by atoms with Crippen LogP contribution in [-0.2, 0) is 18.3 Å². The Labute approximate surface area is 140 Å². The number of aliphatic hydroxyl groups excluding tert-OH is 1. The molecule has 0 aliphatic heterocycles. The van der Waals surface area contributed by atoms with Crippen molar-refractivity contribution in [2.75, 3.05) is 6.54 Å².